The van der Waals surface area contributed by atoms with E-state index in [2.05, 4.69) is 43.4 Å². The van der Waals surface area contributed by atoms with Crippen LogP contribution in [0, 0.1) is 0 Å². The molecule has 1 aromatic heterocycles. The molecule has 1 aromatic rings. The topological polar surface area (TPSA) is 59.1 Å². The Morgan fingerprint density at radius 2 is 2.11 bits per heavy atom. The average Bonchev–Trinajstić information content (AvgIpc) is 2.70. The molecule has 19 heavy (non-hydrogen) atoms. The molecule has 1 atom stereocenters. The van der Waals surface area contributed by atoms with Gasteiger partial charge in [0, 0.05) is 19.0 Å². The molecule has 0 fully saturated rings. The molecule has 0 aliphatic carbocycles. The summed E-state index contributed by atoms with van der Waals surface area (Å²) in [5.41, 5.74) is 4.95. The highest BCUT2D eigenvalue weighted by Crippen LogP contribution is 2.23. The first-order valence-corrected chi connectivity index (χ1v) is 7.26. The van der Waals surface area contributed by atoms with Gasteiger partial charge in [-0.1, -0.05) is 18.5 Å². The van der Waals surface area contributed by atoms with E-state index in [1.165, 1.54) is 0 Å². The van der Waals surface area contributed by atoms with Crippen molar-refractivity contribution in [3.05, 3.63) is 16.4 Å². The van der Waals surface area contributed by atoms with Crippen molar-refractivity contribution in [2.75, 3.05) is 20.6 Å². The molecule has 1 heterocycles. The van der Waals surface area contributed by atoms with Crippen LogP contribution in [0.15, 0.2) is 0 Å². The molecule has 3 N–H and O–H groups in total. The van der Waals surface area contributed by atoms with Crippen LogP contribution < -0.4 is 11.3 Å². The van der Waals surface area contributed by atoms with Crippen LogP contribution in [0.4, 0.5) is 0 Å². The quantitative estimate of drug-likeness (QED) is 0.561. The van der Waals surface area contributed by atoms with Crippen LogP contribution in [0.25, 0.3) is 0 Å². The number of hydrogen-bond acceptors (Lipinski definition) is 4. The van der Waals surface area contributed by atoms with Crippen molar-refractivity contribution in [3.8, 4) is 0 Å². The normalized spacial score (nSPS) is 13.2. The molecule has 5 nitrogen and oxygen atoms in total. The van der Waals surface area contributed by atoms with Crippen molar-refractivity contribution < 1.29 is 0 Å². The van der Waals surface area contributed by atoms with Gasteiger partial charge in [-0.3, -0.25) is 16.0 Å². The predicted molar refractivity (Wildman–Crippen MR) is 80.3 cm³/mol. The summed E-state index contributed by atoms with van der Waals surface area (Å²) in [4.78, 5) is 2.15. The second-order valence-corrected chi connectivity index (χ2v) is 5.41. The Labute approximate surface area is 121 Å². The van der Waals surface area contributed by atoms with E-state index in [-0.39, 0.29) is 6.04 Å². The highest BCUT2D eigenvalue weighted by atomic mass is 35.5. The fourth-order valence-corrected chi connectivity index (χ4v) is 2.45. The van der Waals surface area contributed by atoms with E-state index in [0.717, 1.165) is 48.8 Å². The molecule has 0 saturated heterocycles. The lowest BCUT2D eigenvalue weighted by atomic mass is 10.1. The minimum absolute atomic E-state index is 0.214. The number of nitrogens with zero attached hydrogens (tertiary/aromatic N) is 3. The minimum atomic E-state index is 0.214. The lowest BCUT2D eigenvalue weighted by Crippen LogP contribution is -2.39. The Bertz CT molecular complexity index is 389. The highest BCUT2D eigenvalue weighted by Gasteiger charge is 2.18. The molecule has 0 aliphatic heterocycles. The molecule has 0 aliphatic rings. The number of hydrogen-bond donors (Lipinski definition) is 2. The fourth-order valence-electron chi connectivity index (χ4n) is 2.10. The molecule has 1 rings (SSSR count). The largest absolute Gasteiger partial charge is 0.309 e. The van der Waals surface area contributed by atoms with Crippen LogP contribution in [0.3, 0.4) is 0 Å². The van der Waals surface area contributed by atoms with Gasteiger partial charge in [-0.15, -0.1) is 0 Å². The van der Waals surface area contributed by atoms with Crippen LogP contribution in [-0.2, 0) is 19.4 Å². The maximum Gasteiger partial charge on any atom is 0.0850 e. The summed E-state index contributed by atoms with van der Waals surface area (Å²) in [6.07, 6.45) is 2.65. The summed E-state index contributed by atoms with van der Waals surface area (Å²) in [6.45, 7) is 5.98. The molecule has 110 valence electrons. The average molecular weight is 288 g/mol. The van der Waals surface area contributed by atoms with Crippen molar-refractivity contribution in [3.63, 3.8) is 0 Å². The van der Waals surface area contributed by atoms with Crippen LogP contribution in [0.2, 0.25) is 5.02 Å². The van der Waals surface area contributed by atoms with E-state index in [0.29, 0.717) is 0 Å². The maximum atomic E-state index is 6.41. The fraction of sp³-hybridized carbons (Fsp3) is 0.769. The number of nitrogens with one attached hydrogen (secondary N) is 1. The molecular weight excluding hydrogens is 262 g/mol. The molecule has 0 radical (unpaired) electrons. The third-order valence-corrected chi connectivity index (χ3v) is 3.73. The van der Waals surface area contributed by atoms with Gasteiger partial charge in [0.05, 0.1) is 16.4 Å². The van der Waals surface area contributed by atoms with E-state index in [1.807, 2.05) is 4.68 Å². The monoisotopic (exact) mass is 287 g/mol. The second-order valence-electron chi connectivity index (χ2n) is 5.04. The van der Waals surface area contributed by atoms with Gasteiger partial charge < -0.3 is 4.90 Å². The molecule has 6 heteroatoms. The Kier molecular flexibility index (Phi) is 6.79. The van der Waals surface area contributed by atoms with Gasteiger partial charge in [0.15, 0.2) is 0 Å². The minimum Gasteiger partial charge on any atom is -0.309 e. The molecule has 0 saturated carbocycles. The molecular formula is C13H26ClN5. The van der Waals surface area contributed by atoms with E-state index < -0.39 is 0 Å². The summed E-state index contributed by atoms with van der Waals surface area (Å²) in [7, 11) is 4.12. The van der Waals surface area contributed by atoms with Crippen LogP contribution >= 0.6 is 11.6 Å². The van der Waals surface area contributed by atoms with E-state index in [4.69, 9.17) is 17.4 Å². The number of hydrazine groups is 1. The summed E-state index contributed by atoms with van der Waals surface area (Å²) in [5.74, 6) is 5.65. The first-order chi connectivity index (χ1) is 9.03. The van der Waals surface area contributed by atoms with E-state index in [9.17, 15) is 0 Å². The zero-order chi connectivity index (χ0) is 14.4. The Morgan fingerprint density at radius 3 is 2.58 bits per heavy atom. The molecule has 0 bridgehead atoms. The number of aromatic nitrogens is 2. The maximum absolute atomic E-state index is 6.41. The number of nitrogens with two attached hydrogens (primary N) is 1. The van der Waals surface area contributed by atoms with Gasteiger partial charge in [-0.25, -0.2) is 0 Å². The number of aryl methyl sites for hydroxylation is 2. The first kappa shape index (κ1) is 16.4. The van der Waals surface area contributed by atoms with Crippen molar-refractivity contribution in [2.45, 2.75) is 45.7 Å². The SMILES string of the molecule is CCc1nn(CC)c(CC(CCN(C)C)NN)c1Cl. The summed E-state index contributed by atoms with van der Waals surface area (Å²) >= 11 is 6.41. The Morgan fingerprint density at radius 1 is 1.42 bits per heavy atom. The summed E-state index contributed by atoms with van der Waals surface area (Å²) in [6, 6.07) is 0.214. The van der Waals surface area contributed by atoms with Crippen LogP contribution in [0.5, 0.6) is 0 Å². The summed E-state index contributed by atoms with van der Waals surface area (Å²) in [5, 5.41) is 5.34. The molecule has 0 amide bonds. The van der Waals surface area contributed by atoms with Gasteiger partial charge in [0.25, 0.3) is 0 Å². The lowest BCUT2D eigenvalue weighted by Gasteiger charge is -2.19. The lowest BCUT2D eigenvalue weighted by molar-refractivity contribution is 0.355. The third-order valence-electron chi connectivity index (χ3n) is 3.29. The standard InChI is InChI=1S/C13H26ClN5/c1-5-11-13(14)12(19(6-2)17-11)9-10(16-15)7-8-18(3)4/h10,16H,5-9,15H2,1-4H3. The molecule has 0 aromatic carbocycles. The van der Waals surface area contributed by atoms with Crippen molar-refractivity contribution in [2.24, 2.45) is 5.84 Å². The van der Waals surface area contributed by atoms with Gasteiger partial charge in [-0.05, 0) is 40.4 Å². The number of halogens is 1. The first-order valence-electron chi connectivity index (χ1n) is 6.88. The second kappa shape index (κ2) is 7.85. The van der Waals surface area contributed by atoms with Gasteiger partial charge >= 0.3 is 0 Å². The van der Waals surface area contributed by atoms with Gasteiger partial charge in [-0.2, -0.15) is 5.10 Å². The van der Waals surface area contributed by atoms with Crippen LogP contribution in [-0.4, -0.2) is 41.4 Å². The zero-order valence-electron chi connectivity index (χ0n) is 12.4. The Hall–Kier alpha value is -0.620. The smallest absolute Gasteiger partial charge is 0.0850 e. The van der Waals surface area contributed by atoms with E-state index >= 15 is 0 Å². The van der Waals surface area contributed by atoms with E-state index in [1.54, 1.807) is 0 Å². The number of rotatable bonds is 8. The zero-order valence-corrected chi connectivity index (χ0v) is 13.2. The van der Waals surface area contributed by atoms with Crippen molar-refractivity contribution in [1.82, 2.24) is 20.1 Å². The molecule has 1 unspecified atom stereocenters. The van der Waals surface area contributed by atoms with Gasteiger partial charge in [0.1, 0.15) is 0 Å². The molecule has 0 spiro atoms. The van der Waals surface area contributed by atoms with Crippen molar-refractivity contribution in [1.29, 1.82) is 0 Å². The van der Waals surface area contributed by atoms with Crippen LogP contribution in [0.1, 0.15) is 31.7 Å². The Balaban J connectivity index is 2.80. The predicted octanol–water partition coefficient (Wildman–Crippen LogP) is 1.44. The summed E-state index contributed by atoms with van der Waals surface area (Å²) < 4.78 is 1.99. The van der Waals surface area contributed by atoms with Crippen molar-refractivity contribution >= 4 is 11.6 Å². The third kappa shape index (κ3) is 4.45. The highest BCUT2D eigenvalue weighted by molar-refractivity contribution is 6.31. The van der Waals surface area contributed by atoms with Gasteiger partial charge in [0.2, 0.25) is 0 Å².